The van der Waals surface area contributed by atoms with Crippen LogP contribution in [0.25, 0.3) is 0 Å². The average molecular weight is 301 g/mol. The van der Waals surface area contributed by atoms with E-state index in [4.69, 9.17) is 5.73 Å². The van der Waals surface area contributed by atoms with Crippen LogP contribution in [0.1, 0.15) is 38.3 Å². The van der Waals surface area contributed by atoms with Gasteiger partial charge in [-0.15, -0.1) is 0 Å². The fourth-order valence-electron chi connectivity index (χ4n) is 2.68. The van der Waals surface area contributed by atoms with E-state index in [-0.39, 0.29) is 0 Å². The molecule has 7 heteroatoms. The first-order valence-electron chi connectivity index (χ1n) is 7.89. The van der Waals surface area contributed by atoms with Crippen LogP contribution in [-0.4, -0.2) is 32.2 Å². The molecule has 7 nitrogen and oxygen atoms in total. The van der Waals surface area contributed by atoms with Gasteiger partial charge in [0.15, 0.2) is 5.82 Å². The van der Waals surface area contributed by atoms with Gasteiger partial charge in [0.2, 0.25) is 5.95 Å². The zero-order valence-electron chi connectivity index (χ0n) is 12.8. The van der Waals surface area contributed by atoms with E-state index in [2.05, 4.69) is 37.7 Å². The fraction of sp³-hybridized carbons (Fsp3) is 0.533. The van der Waals surface area contributed by atoms with Crippen molar-refractivity contribution in [1.82, 2.24) is 20.2 Å². The van der Waals surface area contributed by atoms with E-state index in [0.717, 1.165) is 49.4 Å². The van der Waals surface area contributed by atoms with Gasteiger partial charge in [0, 0.05) is 30.0 Å². The van der Waals surface area contributed by atoms with Gasteiger partial charge in [0.05, 0.1) is 0 Å². The maximum Gasteiger partial charge on any atom is 0.224 e. The summed E-state index contributed by atoms with van der Waals surface area (Å²) in [4.78, 5) is 8.79. The molecule has 0 aromatic carbocycles. The van der Waals surface area contributed by atoms with E-state index in [1.165, 1.54) is 0 Å². The number of rotatable bonds is 5. The van der Waals surface area contributed by atoms with E-state index in [1.54, 1.807) is 6.20 Å². The normalized spacial score (nSPS) is 21.5. The monoisotopic (exact) mass is 301 g/mol. The lowest BCUT2D eigenvalue weighted by molar-refractivity contribution is 0.410. The molecule has 0 amide bonds. The Morgan fingerprint density at radius 3 is 2.82 bits per heavy atom. The molecule has 2 aromatic rings. The number of aromatic nitrogens is 4. The largest absolute Gasteiger partial charge is 0.351 e. The van der Waals surface area contributed by atoms with Crippen molar-refractivity contribution in [2.24, 2.45) is 5.73 Å². The van der Waals surface area contributed by atoms with Crippen molar-refractivity contribution >= 4 is 17.6 Å². The van der Waals surface area contributed by atoms with Gasteiger partial charge in [0.25, 0.3) is 0 Å². The van der Waals surface area contributed by atoms with Crippen LogP contribution in [0.15, 0.2) is 18.3 Å². The summed E-state index contributed by atoms with van der Waals surface area (Å²) in [5.74, 6) is 2.15. The molecular formula is C15H23N7. The molecule has 0 bridgehead atoms. The third-order valence-corrected chi connectivity index (χ3v) is 4.03. The number of nitrogens with one attached hydrogen (secondary N) is 3. The Kier molecular flexibility index (Phi) is 4.53. The highest BCUT2D eigenvalue weighted by Gasteiger charge is 2.19. The molecule has 0 unspecified atom stereocenters. The minimum atomic E-state index is 0.347. The van der Waals surface area contributed by atoms with Crippen LogP contribution >= 0.6 is 0 Å². The van der Waals surface area contributed by atoms with E-state index < -0.39 is 0 Å². The van der Waals surface area contributed by atoms with Crippen molar-refractivity contribution in [3.63, 3.8) is 0 Å². The molecule has 1 aliphatic carbocycles. The van der Waals surface area contributed by atoms with Crippen LogP contribution in [0.4, 0.5) is 17.6 Å². The van der Waals surface area contributed by atoms with Crippen molar-refractivity contribution in [3.8, 4) is 0 Å². The first-order chi connectivity index (χ1) is 10.7. The topological polar surface area (TPSA) is 105 Å². The summed E-state index contributed by atoms with van der Waals surface area (Å²) in [7, 11) is 0. The maximum absolute atomic E-state index is 5.93. The molecule has 5 N–H and O–H groups in total. The Labute approximate surface area is 130 Å². The Hall–Kier alpha value is -2.15. The third kappa shape index (κ3) is 3.73. The second kappa shape index (κ2) is 6.74. The summed E-state index contributed by atoms with van der Waals surface area (Å²) in [6.45, 7) is 2.08. The number of hydrogen-bond acceptors (Lipinski definition) is 6. The summed E-state index contributed by atoms with van der Waals surface area (Å²) >= 11 is 0. The lowest BCUT2D eigenvalue weighted by Gasteiger charge is -2.26. The minimum Gasteiger partial charge on any atom is -0.351 e. The predicted octanol–water partition coefficient (Wildman–Crippen LogP) is 2.19. The first kappa shape index (κ1) is 14.8. The minimum absolute atomic E-state index is 0.347. The molecule has 22 heavy (non-hydrogen) atoms. The number of nitrogens with two attached hydrogens (primary N) is 1. The van der Waals surface area contributed by atoms with Crippen LogP contribution in [0.2, 0.25) is 0 Å². The van der Waals surface area contributed by atoms with Crippen LogP contribution in [0.3, 0.4) is 0 Å². The van der Waals surface area contributed by atoms with Gasteiger partial charge < -0.3 is 16.4 Å². The van der Waals surface area contributed by atoms with Crippen molar-refractivity contribution < 1.29 is 0 Å². The number of H-pyrrole nitrogens is 1. The van der Waals surface area contributed by atoms with Crippen LogP contribution < -0.4 is 16.4 Å². The highest BCUT2D eigenvalue weighted by atomic mass is 15.2. The molecule has 118 valence electrons. The highest BCUT2D eigenvalue weighted by Crippen LogP contribution is 2.20. The van der Waals surface area contributed by atoms with E-state index in [9.17, 15) is 0 Å². The molecule has 2 aromatic heterocycles. The lowest BCUT2D eigenvalue weighted by Crippen LogP contribution is -2.33. The molecule has 1 aliphatic rings. The van der Waals surface area contributed by atoms with E-state index in [1.807, 2.05) is 12.1 Å². The summed E-state index contributed by atoms with van der Waals surface area (Å²) < 4.78 is 0. The first-order valence-corrected chi connectivity index (χ1v) is 7.89. The summed E-state index contributed by atoms with van der Waals surface area (Å²) in [6, 6.07) is 4.58. The molecule has 0 radical (unpaired) electrons. The van der Waals surface area contributed by atoms with E-state index in [0.29, 0.717) is 18.0 Å². The zero-order chi connectivity index (χ0) is 15.4. The predicted molar refractivity (Wildman–Crippen MR) is 87.1 cm³/mol. The quantitative estimate of drug-likeness (QED) is 0.675. The van der Waals surface area contributed by atoms with Crippen LogP contribution in [-0.2, 0) is 6.42 Å². The Balaban J connectivity index is 1.62. The second-order valence-corrected chi connectivity index (χ2v) is 5.78. The Morgan fingerprint density at radius 1 is 1.27 bits per heavy atom. The number of aromatic amines is 1. The third-order valence-electron chi connectivity index (χ3n) is 4.03. The van der Waals surface area contributed by atoms with E-state index >= 15 is 0 Å². The molecule has 1 fully saturated rings. The lowest BCUT2D eigenvalue weighted by atomic mass is 9.92. The standard InChI is InChI=1S/C15H23N7/c1-2-11-9-14(22-21-11)19-13-7-8-17-15(20-13)18-12-5-3-10(16)4-6-12/h7-10,12H,2-6,16H2,1H3,(H3,17,18,19,20,21,22)/t10-,12-. The smallest absolute Gasteiger partial charge is 0.224 e. The van der Waals surface area contributed by atoms with Gasteiger partial charge in [-0.05, 0) is 38.2 Å². The van der Waals surface area contributed by atoms with Gasteiger partial charge >= 0.3 is 0 Å². The fourth-order valence-corrected chi connectivity index (χ4v) is 2.68. The van der Waals surface area contributed by atoms with Gasteiger partial charge in [-0.3, -0.25) is 5.10 Å². The van der Waals surface area contributed by atoms with Crippen LogP contribution in [0, 0.1) is 0 Å². The van der Waals surface area contributed by atoms with Gasteiger partial charge in [-0.25, -0.2) is 4.98 Å². The zero-order valence-corrected chi connectivity index (χ0v) is 12.8. The summed E-state index contributed by atoms with van der Waals surface area (Å²) in [5.41, 5.74) is 7.03. The van der Waals surface area contributed by atoms with Gasteiger partial charge in [-0.1, -0.05) is 6.92 Å². The van der Waals surface area contributed by atoms with Gasteiger partial charge in [0.1, 0.15) is 5.82 Å². The van der Waals surface area contributed by atoms with Crippen LogP contribution in [0.5, 0.6) is 0 Å². The average Bonchev–Trinajstić information content (AvgIpc) is 2.98. The van der Waals surface area contributed by atoms with Gasteiger partial charge in [-0.2, -0.15) is 10.1 Å². The number of anilines is 3. The number of nitrogens with zero attached hydrogens (tertiary/aromatic N) is 3. The highest BCUT2D eigenvalue weighted by molar-refractivity contribution is 5.53. The molecule has 0 aliphatic heterocycles. The Bertz CT molecular complexity index is 601. The molecule has 3 rings (SSSR count). The van der Waals surface area contributed by atoms with Crippen molar-refractivity contribution in [3.05, 3.63) is 24.0 Å². The molecule has 1 saturated carbocycles. The summed E-state index contributed by atoms with van der Waals surface area (Å²) in [5, 5.41) is 13.8. The molecule has 0 atom stereocenters. The number of aryl methyl sites for hydroxylation is 1. The molecule has 0 saturated heterocycles. The SMILES string of the molecule is CCc1cc(Nc2ccnc(N[C@H]3CC[C@H](N)CC3)n2)n[nH]1. The maximum atomic E-state index is 5.93. The van der Waals surface area contributed by atoms with Crippen molar-refractivity contribution in [2.45, 2.75) is 51.1 Å². The van der Waals surface area contributed by atoms with Crippen molar-refractivity contribution in [1.29, 1.82) is 0 Å². The molecular weight excluding hydrogens is 278 g/mol. The number of hydrogen-bond donors (Lipinski definition) is 4. The molecule has 2 heterocycles. The second-order valence-electron chi connectivity index (χ2n) is 5.78. The summed E-state index contributed by atoms with van der Waals surface area (Å²) in [6.07, 6.45) is 6.93. The van der Waals surface area contributed by atoms with Crippen molar-refractivity contribution in [2.75, 3.05) is 10.6 Å². The Morgan fingerprint density at radius 2 is 2.09 bits per heavy atom. The molecule has 0 spiro atoms.